The van der Waals surface area contributed by atoms with E-state index in [0.717, 1.165) is 31.3 Å². The van der Waals surface area contributed by atoms with Gasteiger partial charge in [-0.1, -0.05) is 51.0 Å². The average molecular weight is 386 g/mol. The zero-order valence-electron chi connectivity index (χ0n) is 18.0. The average Bonchev–Trinajstić information content (AvgIpc) is 2.62. The van der Waals surface area contributed by atoms with E-state index in [1.54, 1.807) is 0 Å². The number of allylic oxidation sites excluding steroid dienone is 5. The van der Waals surface area contributed by atoms with Crippen molar-refractivity contribution in [3.05, 3.63) is 46.4 Å². The summed E-state index contributed by atoms with van der Waals surface area (Å²) < 4.78 is 0. The van der Waals surface area contributed by atoms with Crippen LogP contribution in [-0.4, -0.2) is 23.2 Å². The second-order valence-corrected chi connectivity index (χ2v) is 8.66. The van der Waals surface area contributed by atoms with Crippen LogP contribution in [0.2, 0.25) is 0 Å². The van der Waals surface area contributed by atoms with Gasteiger partial charge in [0.25, 0.3) is 0 Å². The molecule has 0 amide bonds. The molecule has 4 heteroatoms. The summed E-state index contributed by atoms with van der Waals surface area (Å²) in [6, 6.07) is 0. The summed E-state index contributed by atoms with van der Waals surface area (Å²) in [6.45, 7) is 15.0. The number of nitrogens with one attached hydrogen (secondary N) is 1. The van der Waals surface area contributed by atoms with Gasteiger partial charge in [0.05, 0.1) is 11.3 Å². The van der Waals surface area contributed by atoms with Gasteiger partial charge in [0, 0.05) is 18.0 Å². The molecule has 0 saturated carbocycles. The molecule has 2 atom stereocenters. The van der Waals surface area contributed by atoms with Crippen LogP contribution >= 0.6 is 0 Å². The van der Waals surface area contributed by atoms with Gasteiger partial charge in [-0.2, -0.15) is 0 Å². The number of aliphatic hydroxyl groups is 1. The summed E-state index contributed by atoms with van der Waals surface area (Å²) >= 11 is 0. The van der Waals surface area contributed by atoms with E-state index in [0.29, 0.717) is 30.2 Å². The van der Waals surface area contributed by atoms with E-state index in [1.165, 1.54) is 5.57 Å². The highest BCUT2D eigenvalue weighted by Crippen LogP contribution is 2.41. The van der Waals surface area contributed by atoms with Crippen molar-refractivity contribution >= 4 is 11.6 Å². The Labute approximate surface area is 169 Å². The largest absolute Gasteiger partial charge is 0.505 e. The number of ketones is 2. The first-order valence-electron chi connectivity index (χ1n) is 10.5. The van der Waals surface area contributed by atoms with Crippen LogP contribution in [-0.2, 0) is 9.59 Å². The summed E-state index contributed by atoms with van der Waals surface area (Å²) in [6.07, 6.45) is 6.00. The Balaban J connectivity index is 2.55. The molecule has 0 fully saturated rings. The number of hydrogen-bond acceptors (Lipinski definition) is 4. The Bertz CT molecular complexity index is 752. The van der Waals surface area contributed by atoms with E-state index >= 15 is 0 Å². The van der Waals surface area contributed by atoms with Gasteiger partial charge >= 0.3 is 0 Å². The smallest absolute Gasteiger partial charge is 0.233 e. The molecule has 28 heavy (non-hydrogen) atoms. The molecule has 154 valence electrons. The quantitative estimate of drug-likeness (QED) is 0.343. The molecule has 2 aliphatic carbocycles. The summed E-state index contributed by atoms with van der Waals surface area (Å²) in [4.78, 5) is 26.0. The van der Waals surface area contributed by atoms with Crippen molar-refractivity contribution in [2.45, 2.75) is 66.7 Å². The Morgan fingerprint density at radius 1 is 1.32 bits per heavy atom. The molecule has 0 bridgehead atoms. The van der Waals surface area contributed by atoms with Crippen molar-refractivity contribution in [1.29, 1.82) is 0 Å². The van der Waals surface area contributed by atoms with E-state index in [1.807, 2.05) is 26.8 Å². The molecule has 0 aromatic heterocycles. The van der Waals surface area contributed by atoms with Crippen LogP contribution in [0.5, 0.6) is 0 Å². The van der Waals surface area contributed by atoms with E-state index < -0.39 is 11.6 Å². The highest BCUT2D eigenvalue weighted by molar-refractivity contribution is 6.50. The number of hydrogen-bond donors (Lipinski definition) is 2. The van der Waals surface area contributed by atoms with Crippen LogP contribution in [0.4, 0.5) is 0 Å². The van der Waals surface area contributed by atoms with Crippen molar-refractivity contribution in [1.82, 2.24) is 5.32 Å². The predicted octanol–water partition coefficient (Wildman–Crippen LogP) is 5.19. The van der Waals surface area contributed by atoms with Crippen molar-refractivity contribution in [3.8, 4) is 0 Å². The molecule has 0 radical (unpaired) electrons. The molecule has 0 aromatic carbocycles. The Kier molecular flexibility index (Phi) is 7.45. The first-order chi connectivity index (χ1) is 13.2. The van der Waals surface area contributed by atoms with E-state index in [4.69, 9.17) is 0 Å². The molecule has 0 saturated heterocycles. The fourth-order valence-electron chi connectivity index (χ4n) is 4.14. The number of carbonyl (C=O) groups excluding carboxylic acids is 2. The fraction of sp³-hybridized carbons (Fsp3) is 0.583. The van der Waals surface area contributed by atoms with E-state index in [2.05, 4.69) is 25.7 Å². The summed E-state index contributed by atoms with van der Waals surface area (Å²) in [7, 11) is 0. The molecule has 2 aliphatic rings. The second kappa shape index (κ2) is 9.40. The van der Waals surface area contributed by atoms with E-state index in [9.17, 15) is 14.7 Å². The first kappa shape index (κ1) is 22.2. The molecule has 0 aliphatic heterocycles. The number of rotatable bonds is 8. The maximum Gasteiger partial charge on any atom is 0.233 e. The molecule has 0 spiro atoms. The topological polar surface area (TPSA) is 66.4 Å². The van der Waals surface area contributed by atoms with Crippen molar-refractivity contribution < 1.29 is 14.7 Å². The molecular weight excluding hydrogens is 350 g/mol. The first-order valence-corrected chi connectivity index (χ1v) is 10.5. The van der Waals surface area contributed by atoms with E-state index in [-0.39, 0.29) is 23.2 Å². The molecular formula is C24H35NO3. The third-order valence-corrected chi connectivity index (χ3v) is 5.76. The SMILES string of the molecule is C=C(C)[C@@H]1CCC(C)=C[C@H]1C1=C(O)C(NCCC(C)C)=C(CCC)C(=O)C1=O. The zero-order chi connectivity index (χ0) is 21.0. The lowest BCUT2D eigenvalue weighted by molar-refractivity contribution is -0.133. The van der Waals surface area contributed by atoms with Gasteiger partial charge < -0.3 is 10.4 Å². The monoisotopic (exact) mass is 385 g/mol. The van der Waals surface area contributed by atoms with Crippen LogP contribution in [0.15, 0.2) is 46.4 Å². The number of carbonyl (C=O) groups is 2. The lowest BCUT2D eigenvalue weighted by atomic mass is 9.70. The van der Waals surface area contributed by atoms with Crippen LogP contribution in [0.25, 0.3) is 0 Å². The predicted molar refractivity (Wildman–Crippen MR) is 114 cm³/mol. The molecule has 0 unspecified atom stereocenters. The molecule has 4 nitrogen and oxygen atoms in total. The van der Waals surface area contributed by atoms with Crippen LogP contribution in [0, 0.1) is 17.8 Å². The number of Topliss-reactive ketones (excluding diaryl/α,β-unsaturated/α-hetero) is 2. The van der Waals surface area contributed by atoms with Crippen molar-refractivity contribution in [3.63, 3.8) is 0 Å². The zero-order valence-corrected chi connectivity index (χ0v) is 18.0. The highest BCUT2D eigenvalue weighted by atomic mass is 16.3. The minimum Gasteiger partial charge on any atom is -0.505 e. The molecule has 2 rings (SSSR count). The van der Waals surface area contributed by atoms with Gasteiger partial charge in [0.2, 0.25) is 11.6 Å². The van der Waals surface area contributed by atoms with Gasteiger partial charge in [-0.05, 0) is 51.4 Å². The van der Waals surface area contributed by atoms with Gasteiger partial charge in [-0.25, -0.2) is 0 Å². The maximum absolute atomic E-state index is 13.0. The molecule has 2 N–H and O–H groups in total. The second-order valence-electron chi connectivity index (χ2n) is 8.66. The van der Waals surface area contributed by atoms with Gasteiger partial charge in [-0.15, -0.1) is 0 Å². The summed E-state index contributed by atoms with van der Waals surface area (Å²) in [5, 5.41) is 14.4. The Morgan fingerprint density at radius 2 is 2.00 bits per heavy atom. The standard InChI is InChI=1S/C24H35NO3/c1-7-8-18-21(25-12-11-14(2)3)23(27)20(24(28)22(18)26)19-13-16(6)9-10-17(19)15(4)5/h13-14,17,19,25,27H,4,7-12H2,1-3,5-6H3/t17-,19+/m0/s1. The normalized spacial score (nSPS) is 23.4. The maximum atomic E-state index is 13.0. The van der Waals surface area contributed by atoms with Crippen LogP contribution < -0.4 is 5.32 Å². The van der Waals surface area contributed by atoms with Crippen LogP contribution in [0.3, 0.4) is 0 Å². The third kappa shape index (κ3) is 4.65. The third-order valence-electron chi connectivity index (χ3n) is 5.76. The van der Waals surface area contributed by atoms with Crippen LogP contribution in [0.1, 0.15) is 66.7 Å². The minimum atomic E-state index is -0.558. The molecule has 0 aromatic rings. The highest BCUT2D eigenvalue weighted by Gasteiger charge is 2.41. The number of aliphatic hydroxyl groups excluding tert-OH is 1. The van der Waals surface area contributed by atoms with Crippen molar-refractivity contribution in [2.75, 3.05) is 6.54 Å². The van der Waals surface area contributed by atoms with Gasteiger partial charge in [-0.3, -0.25) is 9.59 Å². The summed E-state index contributed by atoms with van der Waals surface area (Å²) in [5.41, 5.74) is 3.27. The Morgan fingerprint density at radius 3 is 2.57 bits per heavy atom. The van der Waals surface area contributed by atoms with Crippen molar-refractivity contribution in [2.24, 2.45) is 17.8 Å². The minimum absolute atomic E-state index is 0.0426. The summed E-state index contributed by atoms with van der Waals surface area (Å²) in [5.74, 6) is -0.809. The lowest BCUT2D eigenvalue weighted by Crippen LogP contribution is -2.36. The lowest BCUT2D eigenvalue weighted by Gasteiger charge is -2.34. The fourth-order valence-corrected chi connectivity index (χ4v) is 4.14. The van der Waals surface area contributed by atoms with Gasteiger partial charge in [0.15, 0.2) is 0 Å². The van der Waals surface area contributed by atoms with Gasteiger partial charge in [0.1, 0.15) is 5.76 Å². The Hall–Kier alpha value is -2.10. The molecule has 0 heterocycles.